The molecule has 1 atom stereocenters. The van der Waals surface area contributed by atoms with Gasteiger partial charge in [-0.1, -0.05) is 12.1 Å². The quantitative estimate of drug-likeness (QED) is 0.799. The summed E-state index contributed by atoms with van der Waals surface area (Å²) in [5.74, 6) is -0.384. The molecule has 1 heterocycles. The van der Waals surface area contributed by atoms with E-state index < -0.39 is 5.60 Å². The second kappa shape index (κ2) is 7.87. The summed E-state index contributed by atoms with van der Waals surface area (Å²) in [4.78, 5) is 29.1. The fourth-order valence-electron chi connectivity index (χ4n) is 3.47. The minimum atomic E-state index is -0.545. The van der Waals surface area contributed by atoms with E-state index >= 15 is 0 Å². The van der Waals surface area contributed by atoms with Crippen LogP contribution in [0.25, 0.3) is 0 Å². The molecule has 3 rings (SSSR count). The van der Waals surface area contributed by atoms with E-state index in [9.17, 15) is 14.0 Å². The molecule has 1 unspecified atom stereocenters. The van der Waals surface area contributed by atoms with Gasteiger partial charge in [0.2, 0.25) is 5.91 Å². The van der Waals surface area contributed by atoms with Crippen molar-refractivity contribution in [3.63, 3.8) is 0 Å². The van der Waals surface area contributed by atoms with E-state index in [4.69, 9.17) is 4.74 Å². The van der Waals surface area contributed by atoms with Gasteiger partial charge in [-0.15, -0.1) is 0 Å². The van der Waals surface area contributed by atoms with Crippen LogP contribution in [0, 0.1) is 11.7 Å². The topological polar surface area (TPSA) is 49.9 Å². The second-order valence-corrected chi connectivity index (χ2v) is 8.59. The van der Waals surface area contributed by atoms with Crippen molar-refractivity contribution in [2.24, 2.45) is 5.92 Å². The van der Waals surface area contributed by atoms with Gasteiger partial charge in [-0.25, -0.2) is 9.18 Å². The Balaban J connectivity index is 1.65. The SMILES string of the molecule is CC(C)(C)OC(=O)N1CCCC(C(=O)N(Cc2ccc(F)cc2)C2CC2)C1. The van der Waals surface area contributed by atoms with Crippen LogP contribution in [0.15, 0.2) is 24.3 Å². The molecule has 27 heavy (non-hydrogen) atoms. The van der Waals surface area contributed by atoms with Crippen LogP contribution in [0.2, 0.25) is 0 Å². The highest BCUT2D eigenvalue weighted by Crippen LogP contribution is 2.31. The lowest BCUT2D eigenvalue weighted by Crippen LogP contribution is -2.48. The number of benzene rings is 1. The summed E-state index contributed by atoms with van der Waals surface area (Å²) < 4.78 is 18.6. The first-order valence-electron chi connectivity index (χ1n) is 9.76. The molecule has 1 aromatic carbocycles. The Hall–Kier alpha value is -2.11. The molecule has 2 amide bonds. The minimum Gasteiger partial charge on any atom is -0.444 e. The molecule has 1 aromatic rings. The zero-order valence-corrected chi connectivity index (χ0v) is 16.4. The number of rotatable bonds is 4. The van der Waals surface area contributed by atoms with E-state index in [0.29, 0.717) is 19.6 Å². The number of amides is 2. The summed E-state index contributed by atoms with van der Waals surface area (Å²) in [5.41, 5.74) is 0.382. The van der Waals surface area contributed by atoms with Crippen LogP contribution >= 0.6 is 0 Å². The minimum absolute atomic E-state index is 0.0927. The van der Waals surface area contributed by atoms with Crippen molar-refractivity contribution < 1.29 is 18.7 Å². The number of carbonyl (C=O) groups is 2. The average molecular weight is 376 g/mol. The fourth-order valence-corrected chi connectivity index (χ4v) is 3.47. The average Bonchev–Trinajstić information content (AvgIpc) is 3.44. The van der Waals surface area contributed by atoms with Gasteiger partial charge < -0.3 is 14.5 Å². The monoisotopic (exact) mass is 376 g/mol. The van der Waals surface area contributed by atoms with Crippen molar-refractivity contribution in [1.82, 2.24) is 9.80 Å². The molecule has 1 saturated heterocycles. The van der Waals surface area contributed by atoms with Crippen LogP contribution in [0.3, 0.4) is 0 Å². The molecule has 5 nitrogen and oxygen atoms in total. The van der Waals surface area contributed by atoms with E-state index in [1.54, 1.807) is 17.0 Å². The normalized spacial score (nSPS) is 20.3. The van der Waals surface area contributed by atoms with Gasteiger partial charge in [0.05, 0.1) is 5.92 Å². The Morgan fingerprint density at radius 1 is 1.19 bits per heavy atom. The Morgan fingerprint density at radius 2 is 1.85 bits per heavy atom. The first-order valence-corrected chi connectivity index (χ1v) is 9.76. The highest BCUT2D eigenvalue weighted by atomic mass is 19.1. The van der Waals surface area contributed by atoms with E-state index in [1.165, 1.54) is 12.1 Å². The molecule has 0 radical (unpaired) electrons. The van der Waals surface area contributed by atoms with Crippen molar-refractivity contribution >= 4 is 12.0 Å². The largest absolute Gasteiger partial charge is 0.444 e. The van der Waals surface area contributed by atoms with Crippen LogP contribution in [0.4, 0.5) is 9.18 Å². The molecule has 1 aliphatic heterocycles. The smallest absolute Gasteiger partial charge is 0.410 e. The highest BCUT2D eigenvalue weighted by molar-refractivity contribution is 5.80. The zero-order chi connectivity index (χ0) is 19.6. The predicted molar refractivity (Wildman–Crippen MR) is 101 cm³/mol. The highest BCUT2D eigenvalue weighted by Gasteiger charge is 2.38. The molecular formula is C21H29FN2O3. The zero-order valence-electron chi connectivity index (χ0n) is 16.4. The molecule has 148 valence electrons. The third-order valence-electron chi connectivity index (χ3n) is 4.96. The molecule has 2 aliphatic rings. The molecular weight excluding hydrogens is 347 g/mol. The summed E-state index contributed by atoms with van der Waals surface area (Å²) in [6.45, 7) is 7.05. The number of hydrogen-bond donors (Lipinski definition) is 0. The predicted octanol–water partition coefficient (Wildman–Crippen LogP) is 3.96. The molecule has 2 fully saturated rings. The van der Waals surface area contributed by atoms with Gasteiger partial charge in [-0.3, -0.25) is 4.79 Å². The van der Waals surface area contributed by atoms with Crippen molar-refractivity contribution in [3.05, 3.63) is 35.6 Å². The molecule has 0 N–H and O–H groups in total. The second-order valence-electron chi connectivity index (χ2n) is 8.59. The van der Waals surface area contributed by atoms with Crippen LogP contribution in [-0.4, -0.2) is 46.5 Å². The number of carbonyl (C=O) groups excluding carboxylic acids is 2. The van der Waals surface area contributed by atoms with Gasteiger partial charge in [0, 0.05) is 25.7 Å². The Kier molecular flexibility index (Phi) is 5.72. The van der Waals surface area contributed by atoms with Gasteiger partial charge in [0.15, 0.2) is 0 Å². The standard InChI is InChI=1S/C21H29FN2O3/c1-21(2,3)27-20(26)23-12-4-5-16(14-23)19(25)24(18-10-11-18)13-15-6-8-17(22)9-7-15/h6-9,16,18H,4-5,10-14H2,1-3H3. The Morgan fingerprint density at radius 3 is 2.44 bits per heavy atom. The lowest BCUT2D eigenvalue weighted by Gasteiger charge is -2.36. The Labute approximate surface area is 160 Å². The van der Waals surface area contributed by atoms with Crippen molar-refractivity contribution in [2.75, 3.05) is 13.1 Å². The summed E-state index contributed by atoms with van der Waals surface area (Å²) in [5, 5.41) is 0. The van der Waals surface area contributed by atoms with Crippen molar-refractivity contribution in [3.8, 4) is 0 Å². The van der Waals surface area contributed by atoms with Crippen LogP contribution in [0.1, 0.15) is 52.0 Å². The number of hydrogen-bond acceptors (Lipinski definition) is 3. The summed E-state index contributed by atoms with van der Waals surface area (Å²) >= 11 is 0. The van der Waals surface area contributed by atoms with E-state index in [-0.39, 0.29) is 29.8 Å². The van der Waals surface area contributed by atoms with Crippen LogP contribution < -0.4 is 0 Å². The third kappa shape index (κ3) is 5.44. The molecule has 0 bridgehead atoms. The van der Waals surface area contributed by atoms with Crippen molar-refractivity contribution in [1.29, 1.82) is 0 Å². The summed E-state index contributed by atoms with van der Waals surface area (Å²) in [6.07, 6.45) is 3.25. The maximum atomic E-state index is 13.2. The maximum absolute atomic E-state index is 13.2. The van der Waals surface area contributed by atoms with E-state index in [1.807, 2.05) is 25.7 Å². The van der Waals surface area contributed by atoms with Gasteiger partial charge in [-0.05, 0) is 64.2 Å². The number of ether oxygens (including phenoxy) is 1. The third-order valence-corrected chi connectivity index (χ3v) is 4.96. The van der Waals surface area contributed by atoms with Crippen molar-refractivity contribution in [2.45, 2.75) is 64.6 Å². The van der Waals surface area contributed by atoms with Crippen LogP contribution in [0.5, 0.6) is 0 Å². The number of piperidine rings is 1. The summed E-state index contributed by atoms with van der Waals surface area (Å²) in [6, 6.07) is 6.57. The number of likely N-dealkylation sites (tertiary alicyclic amines) is 1. The van der Waals surface area contributed by atoms with Gasteiger partial charge >= 0.3 is 6.09 Å². The first kappa shape index (κ1) is 19.6. The number of nitrogens with zero attached hydrogens (tertiary/aromatic N) is 2. The lowest BCUT2D eigenvalue weighted by molar-refractivity contribution is -0.138. The summed E-state index contributed by atoms with van der Waals surface area (Å²) in [7, 11) is 0. The maximum Gasteiger partial charge on any atom is 0.410 e. The molecule has 1 aliphatic carbocycles. The van der Waals surface area contributed by atoms with Gasteiger partial charge in [-0.2, -0.15) is 0 Å². The molecule has 6 heteroatoms. The fraction of sp³-hybridized carbons (Fsp3) is 0.619. The molecule has 0 spiro atoms. The van der Waals surface area contributed by atoms with E-state index in [0.717, 1.165) is 31.2 Å². The van der Waals surface area contributed by atoms with Crippen LogP contribution in [-0.2, 0) is 16.1 Å². The Bertz CT molecular complexity index is 680. The molecule has 1 saturated carbocycles. The van der Waals surface area contributed by atoms with Gasteiger partial charge in [0.25, 0.3) is 0 Å². The lowest BCUT2D eigenvalue weighted by atomic mass is 9.96. The van der Waals surface area contributed by atoms with E-state index in [2.05, 4.69) is 0 Å². The first-order chi connectivity index (χ1) is 12.7. The van der Waals surface area contributed by atoms with Gasteiger partial charge in [0.1, 0.15) is 11.4 Å². The molecule has 0 aromatic heterocycles. The number of halogens is 1.